The third kappa shape index (κ3) is 5.40. The van der Waals surface area contributed by atoms with Crippen molar-refractivity contribution in [1.29, 1.82) is 5.26 Å². The molecule has 0 saturated heterocycles. The molecule has 6 heteroatoms. The van der Waals surface area contributed by atoms with Gasteiger partial charge in [0.1, 0.15) is 5.75 Å². The molecule has 0 fully saturated rings. The fourth-order valence-corrected chi connectivity index (χ4v) is 1.44. The Balaban J connectivity index is 2.55. The normalized spacial score (nSPS) is 9.40. The van der Waals surface area contributed by atoms with Gasteiger partial charge in [-0.25, -0.2) is 4.79 Å². The molecule has 0 heterocycles. The summed E-state index contributed by atoms with van der Waals surface area (Å²) in [7, 11) is 1.28. The van der Waals surface area contributed by atoms with Crippen LogP contribution in [-0.4, -0.2) is 25.6 Å². The first-order valence-corrected chi connectivity index (χ1v) is 6.08. The molecule has 0 saturated carbocycles. The summed E-state index contributed by atoms with van der Waals surface area (Å²) in [6.45, 7) is 0.0947. The number of hydrogen-bond acceptors (Lipinski definition) is 5. The highest BCUT2D eigenvalue weighted by molar-refractivity contribution is 5.76. The highest BCUT2D eigenvalue weighted by atomic mass is 16.6. The van der Waals surface area contributed by atoms with Crippen molar-refractivity contribution < 1.29 is 19.1 Å². The number of benzene rings is 1. The number of carbonyl (C=O) groups is 2. The van der Waals surface area contributed by atoms with E-state index in [4.69, 9.17) is 10.00 Å². The average molecular weight is 276 g/mol. The summed E-state index contributed by atoms with van der Waals surface area (Å²) in [5, 5.41) is 11.1. The quantitative estimate of drug-likeness (QED) is 0.755. The molecule has 0 radical (unpaired) electrons. The van der Waals surface area contributed by atoms with Crippen LogP contribution in [-0.2, 0) is 20.9 Å². The third-order valence-electron chi connectivity index (χ3n) is 2.49. The van der Waals surface area contributed by atoms with E-state index in [1.54, 1.807) is 18.2 Å². The summed E-state index contributed by atoms with van der Waals surface area (Å²) in [4.78, 5) is 22.5. The summed E-state index contributed by atoms with van der Waals surface area (Å²) in [6.07, 6.45) is 0.355. The van der Waals surface area contributed by atoms with Gasteiger partial charge in [-0.2, -0.15) is 5.26 Å². The first-order chi connectivity index (χ1) is 9.67. The van der Waals surface area contributed by atoms with Gasteiger partial charge < -0.3 is 14.8 Å². The lowest BCUT2D eigenvalue weighted by atomic mass is 10.2. The number of methoxy groups -OCH3 is 1. The number of hydrogen-bond donors (Lipinski definition) is 1. The second kappa shape index (κ2) is 8.53. The van der Waals surface area contributed by atoms with Crippen molar-refractivity contribution >= 4 is 11.9 Å². The molecule has 0 aliphatic heterocycles. The highest BCUT2D eigenvalue weighted by Gasteiger charge is 2.07. The second-order valence-corrected chi connectivity index (χ2v) is 3.91. The molecule has 0 spiro atoms. The molecule has 0 bridgehead atoms. The fraction of sp³-hybridized carbons (Fsp3) is 0.357. The molecule has 0 aromatic heterocycles. The van der Waals surface area contributed by atoms with Crippen LogP contribution in [0.15, 0.2) is 24.3 Å². The zero-order chi connectivity index (χ0) is 14.8. The van der Waals surface area contributed by atoms with Gasteiger partial charge in [0.25, 0.3) is 0 Å². The Kier molecular flexibility index (Phi) is 6.62. The van der Waals surface area contributed by atoms with Crippen LogP contribution in [0.5, 0.6) is 5.75 Å². The Morgan fingerprint density at radius 2 is 2.10 bits per heavy atom. The minimum atomic E-state index is -0.474. The van der Waals surface area contributed by atoms with E-state index in [2.05, 4.69) is 10.1 Å². The zero-order valence-corrected chi connectivity index (χ0v) is 11.2. The molecule has 106 valence electrons. The Hall–Kier alpha value is -2.55. The Morgan fingerprint density at radius 1 is 1.35 bits per heavy atom. The van der Waals surface area contributed by atoms with E-state index < -0.39 is 5.97 Å². The van der Waals surface area contributed by atoms with Crippen molar-refractivity contribution in [2.24, 2.45) is 0 Å². The van der Waals surface area contributed by atoms with Crippen LogP contribution >= 0.6 is 0 Å². The van der Waals surface area contributed by atoms with Crippen LogP contribution in [0.3, 0.4) is 0 Å². The number of rotatable bonds is 7. The van der Waals surface area contributed by atoms with E-state index in [9.17, 15) is 9.59 Å². The zero-order valence-electron chi connectivity index (χ0n) is 11.2. The number of nitrogens with zero attached hydrogens (tertiary/aromatic N) is 1. The van der Waals surface area contributed by atoms with Crippen molar-refractivity contribution in [3.8, 4) is 11.8 Å². The predicted octanol–water partition coefficient (Wildman–Crippen LogP) is 1.16. The molecule has 20 heavy (non-hydrogen) atoms. The summed E-state index contributed by atoms with van der Waals surface area (Å²) >= 11 is 0. The van der Waals surface area contributed by atoms with Crippen molar-refractivity contribution in [2.45, 2.75) is 19.4 Å². The van der Waals surface area contributed by atoms with Gasteiger partial charge in [-0.05, 0) is 6.07 Å². The SMILES string of the molecule is COC(=O)COc1ccccc1CNC(=O)CCC#N. The van der Waals surface area contributed by atoms with E-state index >= 15 is 0 Å². The van der Waals surface area contributed by atoms with Gasteiger partial charge in [-0.15, -0.1) is 0 Å². The van der Waals surface area contributed by atoms with Crippen LogP contribution in [0.4, 0.5) is 0 Å². The third-order valence-corrected chi connectivity index (χ3v) is 2.49. The monoisotopic (exact) mass is 276 g/mol. The van der Waals surface area contributed by atoms with E-state index in [1.807, 2.05) is 12.1 Å². The molecule has 1 aromatic rings. The van der Waals surface area contributed by atoms with Gasteiger partial charge in [-0.3, -0.25) is 4.79 Å². The minimum absolute atomic E-state index is 0.168. The molecule has 6 nitrogen and oxygen atoms in total. The van der Waals surface area contributed by atoms with Crippen LogP contribution in [0.2, 0.25) is 0 Å². The van der Waals surface area contributed by atoms with Gasteiger partial charge in [0.05, 0.1) is 13.2 Å². The van der Waals surface area contributed by atoms with Crippen LogP contribution < -0.4 is 10.1 Å². The molecular formula is C14H16N2O4. The first-order valence-electron chi connectivity index (χ1n) is 6.08. The Morgan fingerprint density at radius 3 is 2.80 bits per heavy atom. The van der Waals surface area contributed by atoms with Crippen LogP contribution in [0.25, 0.3) is 0 Å². The highest BCUT2D eigenvalue weighted by Crippen LogP contribution is 2.17. The summed E-state index contributed by atoms with van der Waals surface area (Å²) in [5.41, 5.74) is 0.752. The van der Waals surface area contributed by atoms with Crippen molar-refractivity contribution in [1.82, 2.24) is 5.32 Å². The summed E-state index contributed by atoms with van der Waals surface area (Å²) < 4.78 is 9.82. The van der Waals surface area contributed by atoms with Crippen LogP contribution in [0.1, 0.15) is 18.4 Å². The van der Waals surface area contributed by atoms with E-state index in [-0.39, 0.29) is 31.9 Å². The maximum absolute atomic E-state index is 11.4. The first kappa shape index (κ1) is 15.5. The maximum Gasteiger partial charge on any atom is 0.343 e. The standard InChI is InChI=1S/C14H16N2O4/c1-19-14(18)10-20-12-6-3-2-5-11(12)9-16-13(17)7-4-8-15/h2-3,5-6H,4,7,9-10H2,1H3,(H,16,17). The van der Waals surface area contributed by atoms with E-state index in [0.29, 0.717) is 5.75 Å². The molecule has 0 atom stereocenters. The molecule has 0 aliphatic carbocycles. The second-order valence-electron chi connectivity index (χ2n) is 3.91. The number of para-hydroxylation sites is 1. The predicted molar refractivity (Wildman–Crippen MR) is 70.6 cm³/mol. The molecule has 0 aliphatic rings. The number of nitrogens with one attached hydrogen (secondary N) is 1. The molecular weight excluding hydrogens is 260 g/mol. The van der Waals surface area contributed by atoms with Gasteiger partial charge in [0, 0.05) is 24.9 Å². The molecule has 1 rings (SSSR count). The van der Waals surface area contributed by atoms with Crippen molar-refractivity contribution in [3.05, 3.63) is 29.8 Å². The number of nitriles is 1. The Bertz CT molecular complexity index is 508. The number of ether oxygens (including phenoxy) is 2. The van der Waals surface area contributed by atoms with Crippen molar-refractivity contribution in [3.63, 3.8) is 0 Å². The van der Waals surface area contributed by atoms with Gasteiger partial charge >= 0.3 is 5.97 Å². The summed E-state index contributed by atoms with van der Waals surface area (Å²) in [5.74, 6) is -0.161. The van der Waals surface area contributed by atoms with Gasteiger partial charge in [0.15, 0.2) is 6.61 Å². The summed E-state index contributed by atoms with van der Waals surface area (Å²) in [6, 6.07) is 8.99. The topological polar surface area (TPSA) is 88.4 Å². The lowest BCUT2D eigenvalue weighted by Crippen LogP contribution is -2.23. The molecule has 0 unspecified atom stereocenters. The van der Waals surface area contributed by atoms with Gasteiger partial charge in [0.2, 0.25) is 5.91 Å². The van der Waals surface area contributed by atoms with E-state index in [0.717, 1.165) is 5.56 Å². The van der Waals surface area contributed by atoms with E-state index in [1.165, 1.54) is 7.11 Å². The minimum Gasteiger partial charge on any atom is -0.482 e. The van der Waals surface area contributed by atoms with Crippen LogP contribution in [0, 0.1) is 11.3 Å². The maximum atomic E-state index is 11.4. The van der Waals surface area contributed by atoms with Gasteiger partial charge in [-0.1, -0.05) is 18.2 Å². The average Bonchev–Trinajstić information content (AvgIpc) is 2.49. The lowest BCUT2D eigenvalue weighted by molar-refractivity contribution is -0.143. The van der Waals surface area contributed by atoms with Crippen molar-refractivity contribution in [2.75, 3.05) is 13.7 Å². The fourth-order valence-electron chi connectivity index (χ4n) is 1.44. The number of carbonyl (C=O) groups excluding carboxylic acids is 2. The Labute approximate surface area is 117 Å². The lowest BCUT2D eigenvalue weighted by Gasteiger charge is -2.11. The largest absolute Gasteiger partial charge is 0.482 e. The molecule has 1 aromatic carbocycles. The molecule has 1 amide bonds. The number of esters is 1. The smallest absolute Gasteiger partial charge is 0.343 e. The molecule has 1 N–H and O–H groups in total. The number of amides is 1.